The fourth-order valence-electron chi connectivity index (χ4n) is 2.62. The van der Waals surface area contributed by atoms with Crippen LogP contribution in [0, 0.1) is 5.92 Å². The van der Waals surface area contributed by atoms with Crippen LogP contribution >= 0.6 is 11.6 Å². The zero-order valence-corrected chi connectivity index (χ0v) is 11.0. The lowest BCUT2D eigenvalue weighted by Gasteiger charge is -2.27. The fourth-order valence-corrected chi connectivity index (χ4v) is 2.83. The summed E-state index contributed by atoms with van der Waals surface area (Å²) < 4.78 is 5.18. The maximum absolute atomic E-state index is 5.63. The lowest BCUT2D eigenvalue weighted by Crippen LogP contribution is -2.11. The summed E-state index contributed by atoms with van der Waals surface area (Å²) in [5, 5.41) is 0. The van der Waals surface area contributed by atoms with Gasteiger partial charge in [-0.3, -0.25) is 0 Å². The minimum Gasteiger partial charge on any atom is -0.497 e. The summed E-state index contributed by atoms with van der Waals surface area (Å²) in [6, 6.07) is 8.50. The van der Waals surface area contributed by atoms with Crippen LogP contribution < -0.4 is 4.74 Å². The first-order chi connectivity index (χ1) is 8.33. The van der Waals surface area contributed by atoms with Crippen molar-refractivity contribution >= 4 is 11.6 Å². The molecule has 0 radical (unpaired) electrons. The van der Waals surface area contributed by atoms with E-state index in [1.54, 1.807) is 12.6 Å². The molecule has 0 aliphatic heterocycles. The highest BCUT2D eigenvalue weighted by Gasteiger charge is 2.20. The van der Waals surface area contributed by atoms with Crippen molar-refractivity contribution < 1.29 is 4.74 Å². The van der Waals surface area contributed by atoms with E-state index in [0.717, 1.165) is 5.75 Å². The first-order valence-electron chi connectivity index (χ1n) is 6.24. The maximum Gasteiger partial charge on any atom is 0.118 e. The number of allylic oxidation sites excluding steroid dienone is 1. The maximum atomic E-state index is 5.63. The van der Waals surface area contributed by atoms with E-state index in [2.05, 4.69) is 30.3 Å². The first kappa shape index (κ1) is 12.5. The third-order valence-electron chi connectivity index (χ3n) is 3.70. The first-order valence-corrected chi connectivity index (χ1v) is 6.68. The molecule has 0 atom stereocenters. The molecule has 2 rings (SSSR count). The predicted molar refractivity (Wildman–Crippen MR) is 72.7 cm³/mol. The van der Waals surface area contributed by atoms with Crippen molar-refractivity contribution in [3.63, 3.8) is 0 Å². The number of halogens is 1. The normalized spacial score (nSPS) is 25.1. The van der Waals surface area contributed by atoms with Crippen molar-refractivity contribution in [3.05, 3.63) is 41.4 Å². The number of hydrogen-bond acceptors (Lipinski definition) is 1. The van der Waals surface area contributed by atoms with Gasteiger partial charge in [0.1, 0.15) is 5.75 Å². The van der Waals surface area contributed by atoms with E-state index in [4.69, 9.17) is 16.3 Å². The van der Waals surface area contributed by atoms with Crippen molar-refractivity contribution in [1.82, 2.24) is 0 Å². The fraction of sp³-hybridized carbons (Fsp3) is 0.467. The topological polar surface area (TPSA) is 9.23 Å². The second-order valence-corrected chi connectivity index (χ2v) is 4.96. The molecule has 1 fully saturated rings. The van der Waals surface area contributed by atoms with E-state index in [-0.39, 0.29) is 0 Å². The van der Waals surface area contributed by atoms with Crippen molar-refractivity contribution in [1.29, 1.82) is 0 Å². The molecule has 1 nitrogen and oxygen atoms in total. The van der Waals surface area contributed by atoms with Gasteiger partial charge in [-0.15, -0.1) is 0 Å². The molecule has 0 heterocycles. The Morgan fingerprint density at radius 1 is 1.12 bits per heavy atom. The zero-order valence-electron chi connectivity index (χ0n) is 10.2. The van der Waals surface area contributed by atoms with Crippen molar-refractivity contribution in [2.45, 2.75) is 31.6 Å². The SMILES string of the molecule is COc1ccc(C2CCC(C=CCl)CC2)cc1. The molecule has 1 aromatic carbocycles. The molecule has 1 aliphatic carbocycles. The van der Waals surface area contributed by atoms with Crippen LogP contribution in [-0.2, 0) is 0 Å². The molecule has 1 saturated carbocycles. The summed E-state index contributed by atoms with van der Waals surface area (Å²) in [5.41, 5.74) is 3.11. The second kappa shape index (κ2) is 6.11. The molecule has 0 bridgehead atoms. The Labute approximate surface area is 108 Å². The minimum absolute atomic E-state index is 0.682. The highest BCUT2D eigenvalue weighted by molar-refractivity contribution is 6.25. The quantitative estimate of drug-likeness (QED) is 0.754. The Bertz CT molecular complexity index is 361. The van der Waals surface area contributed by atoms with Crippen LogP contribution in [-0.4, -0.2) is 7.11 Å². The van der Waals surface area contributed by atoms with Crippen LogP contribution in [0.1, 0.15) is 37.2 Å². The number of benzene rings is 1. The van der Waals surface area contributed by atoms with Crippen LogP contribution in [0.3, 0.4) is 0 Å². The van der Waals surface area contributed by atoms with E-state index in [0.29, 0.717) is 11.8 Å². The zero-order chi connectivity index (χ0) is 12.1. The average molecular weight is 251 g/mol. The van der Waals surface area contributed by atoms with Crippen LogP contribution in [0.2, 0.25) is 0 Å². The van der Waals surface area contributed by atoms with Crippen LogP contribution in [0.25, 0.3) is 0 Å². The van der Waals surface area contributed by atoms with Gasteiger partial charge in [-0.25, -0.2) is 0 Å². The largest absolute Gasteiger partial charge is 0.497 e. The number of hydrogen-bond donors (Lipinski definition) is 0. The van der Waals surface area contributed by atoms with Gasteiger partial charge in [0.15, 0.2) is 0 Å². The summed E-state index contributed by atoms with van der Waals surface area (Å²) in [6.07, 6.45) is 7.15. The third-order valence-corrected chi connectivity index (χ3v) is 3.85. The Kier molecular flexibility index (Phi) is 4.49. The molecule has 92 valence electrons. The lowest BCUT2D eigenvalue weighted by molar-refractivity contribution is 0.375. The van der Waals surface area contributed by atoms with Gasteiger partial charge in [0.05, 0.1) is 7.11 Å². The number of methoxy groups -OCH3 is 1. The molecule has 2 heteroatoms. The second-order valence-electron chi connectivity index (χ2n) is 4.70. The van der Waals surface area contributed by atoms with Gasteiger partial charge >= 0.3 is 0 Å². The summed E-state index contributed by atoms with van der Waals surface area (Å²) in [7, 11) is 1.71. The number of ether oxygens (including phenoxy) is 1. The van der Waals surface area contributed by atoms with Crippen molar-refractivity contribution in [2.75, 3.05) is 7.11 Å². The molecule has 17 heavy (non-hydrogen) atoms. The van der Waals surface area contributed by atoms with Crippen LogP contribution in [0.4, 0.5) is 0 Å². The monoisotopic (exact) mass is 250 g/mol. The predicted octanol–water partition coefficient (Wildman–Crippen LogP) is 4.72. The van der Waals surface area contributed by atoms with E-state index in [9.17, 15) is 0 Å². The summed E-state index contributed by atoms with van der Waals surface area (Å²) in [5.74, 6) is 2.33. The van der Waals surface area contributed by atoms with Crippen molar-refractivity contribution in [3.8, 4) is 5.75 Å². The standard InChI is InChI=1S/C15H19ClO/c1-17-15-8-6-14(7-9-15)13-4-2-12(3-5-13)10-11-16/h6-13H,2-5H2,1H3. The summed E-state index contributed by atoms with van der Waals surface area (Å²) >= 11 is 5.63. The van der Waals surface area contributed by atoms with E-state index in [1.165, 1.54) is 31.2 Å². The molecular formula is C15H19ClO. The van der Waals surface area contributed by atoms with E-state index >= 15 is 0 Å². The van der Waals surface area contributed by atoms with Crippen LogP contribution in [0.15, 0.2) is 35.9 Å². The molecule has 1 aromatic rings. The average Bonchev–Trinajstić information content (AvgIpc) is 2.40. The molecule has 0 N–H and O–H groups in total. The smallest absolute Gasteiger partial charge is 0.118 e. The lowest BCUT2D eigenvalue weighted by atomic mass is 9.79. The van der Waals surface area contributed by atoms with Crippen LogP contribution in [0.5, 0.6) is 5.75 Å². The Morgan fingerprint density at radius 3 is 2.29 bits per heavy atom. The van der Waals surface area contributed by atoms with Gasteiger partial charge in [0.2, 0.25) is 0 Å². The van der Waals surface area contributed by atoms with Gasteiger partial charge < -0.3 is 4.74 Å². The van der Waals surface area contributed by atoms with E-state index in [1.807, 2.05) is 0 Å². The van der Waals surface area contributed by atoms with E-state index < -0.39 is 0 Å². The Balaban J connectivity index is 1.95. The van der Waals surface area contributed by atoms with Gasteiger partial charge in [-0.05, 0) is 55.2 Å². The highest BCUT2D eigenvalue weighted by atomic mass is 35.5. The van der Waals surface area contributed by atoms with Gasteiger partial charge in [-0.1, -0.05) is 29.8 Å². The van der Waals surface area contributed by atoms with Gasteiger partial charge in [0, 0.05) is 5.54 Å². The van der Waals surface area contributed by atoms with Crippen molar-refractivity contribution in [2.24, 2.45) is 5.92 Å². The highest BCUT2D eigenvalue weighted by Crippen LogP contribution is 2.36. The molecule has 0 amide bonds. The Hall–Kier alpha value is -0.950. The third kappa shape index (κ3) is 3.26. The molecular weight excluding hydrogens is 232 g/mol. The van der Waals surface area contributed by atoms with Gasteiger partial charge in [-0.2, -0.15) is 0 Å². The molecule has 1 aliphatic rings. The number of rotatable bonds is 3. The summed E-state index contributed by atoms with van der Waals surface area (Å²) in [6.45, 7) is 0. The minimum atomic E-state index is 0.682. The molecule has 0 aromatic heterocycles. The summed E-state index contributed by atoms with van der Waals surface area (Å²) in [4.78, 5) is 0. The van der Waals surface area contributed by atoms with Gasteiger partial charge in [0.25, 0.3) is 0 Å². The Morgan fingerprint density at radius 2 is 1.76 bits per heavy atom. The molecule has 0 saturated heterocycles. The molecule has 0 spiro atoms. The molecule has 0 unspecified atom stereocenters.